The van der Waals surface area contributed by atoms with Gasteiger partial charge in [-0.25, -0.2) is 0 Å². The minimum absolute atomic E-state index is 0.0104. The van der Waals surface area contributed by atoms with Gasteiger partial charge in [0, 0.05) is 39.3 Å². The summed E-state index contributed by atoms with van der Waals surface area (Å²) in [6.07, 6.45) is 3.10. The van der Waals surface area contributed by atoms with Crippen molar-refractivity contribution in [2.24, 2.45) is 0 Å². The number of amides is 2. The van der Waals surface area contributed by atoms with Crippen molar-refractivity contribution in [1.29, 1.82) is 0 Å². The van der Waals surface area contributed by atoms with Gasteiger partial charge in [-0.2, -0.15) is 0 Å². The molecule has 1 aromatic rings. The first-order valence-electron chi connectivity index (χ1n) is 8.36. The van der Waals surface area contributed by atoms with Crippen LogP contribution in [0.15, 0.2) is 24.3 Å². The van der Waals surface area contributed by atoms with Crippen molar-refractivity contribution in [3.63, 3.8) is 0 Å². The normalized spacial score (nSPS) is 19.0. The van der Waals surface area contributed by atoms with Crippen molar-refractivity contribution >= 4 is 17.5 Å². The van der Waals surface area contributed by atoms with E-state index < -0.39 is 0 Å². The first-order chi connectivity index (χ1) is 11.0. The second-order valence-corrected chi connectivity index (χ2v) is 6.27. The molecule has 1 heterocycles. The Morgan fingerprint density at radius 1 is 1.26 bits per heavy atom. The molecule has 126 valence electrons. The summed E-state index contributed by atoms with van der Waals surface area (Å²) < 4.78 is 0. The fourth-order valence-corrected chi connectivity index (χ4v) is 2.98. The maximum atomic E-state index is 12.4. The summed E-state index contributed by atoms with van der Waals surface area (Å²) in [5, 5.41) is 2.77. The third-order valence-electron chi connectivity index (χ3n) is 4.32. The molecule has 1 aliphatic heterocycles. The Kier molecular flexibility index (Phi) is 6.16. The highest BCUT2D eigenvalue weighted by molar-refractivity contribution is 5.88. The molecule has 2 amide bonds. The number of anilines is 1. The second-order valence-electron chi connectivity index (χ2n) is 6.27. The average molecular weight is 317 g/mol. The summed E-state index contributed by atoms with van der Waals surface area (Å²) in [6.45, 7) is 6.12. The van der Waals surface area contributed by atoms with Gasteiger partial charge < -0.3 is 10.2 Å². The summed E-state index contributed by atoms with van der Waals surface area (Å²) >= 11 is 0. The number of unbranched alkanes of at least 4 members (excludes halogenated alkanes) is 1. The number of rotatable bonds is 6. The van der Waals surface area contributed by atoms with Crippen LogP contribution in [0.25, 0.3) is 0 Å². The highest BCUT2D eigenvalue weighted by atomic mass is 16.2. The number of nitrogens with zero attached hydrogens (tertiary/aromatic N) is 2. The average Bonchev–Trinajstić information content (AvgIpc) is 2.52. The van der Waals surface area contributed by atoms with Crippen molar-refractivity contribution < 1.29 is 9.59 Å². The Bertz CT molecular complexity index is 542. The zero-order chi connectivity index (χ0) is 16.8. The molecule has 1 saturated heterocycles. The van der Waals surface area contributed by atoms with Crippen LogP contribution in [0.4, 0.5) is 5.69 Å². The van der Waals surface area contributed by atoms with Crippen LogP contribution in [0.2, 0.25) is 0 Å². The molecule has 0 saturated carbocycles. The standard InChI is InChI=1S/C18H27N3O2/c1-4-5-6-17-18(23)20(3)11-12-21(17)13-15-7-9-16(10-8-15)19-14(2)22/h7-10,17H,4-6,11-13H2,1-3H3,(H,19,22)/t17-/m0/s1. The highest BCUT2D eigenvalue weighted by Crippen LogP contribution is 2.20. The van der Waals surface area contributed by atoms with Crippen molar-refractivity contribution in [1.82, 2.24) is 9.80 Å². The van der Waals surface area contributed by atoms with Crippen LogP contribution >= 0.6 is 0 Å². The smallest absolute Gasteiger partial charge is 0.239 e. The highest BCUT2D eigenvalue weighted by Gasteiger charge is 2.32. The second kappa shape index (κ2) is 8.11. The summed E-state index contributed by atoms with van der Waals surface area (Å²) in [5.74, 6) is 0.168. The van der Waals surface area contributed by atoms with E-state index in [-0.39, 0.29) is 17.9 Å². The molecule has 0 radical (unpaired) electrons. The Morgan fingerprint density at radius 2 is 1.96 bits per heavy atom. The fourth-order valence-electron chi connectivity index (χ4n) is 2.98. The maximum absolute atomic E-state index is 12.4. The van der Waals surface area contributed by atoms with E-state index in [9.17, 15) is 9.59 Å². The van der Waals surface area contributed by atoms with Gasteiger partial charge in [-0.15, -0.1) is 0 Å². The third kappa shape index (κ3) is 4.79. The lowest BCUT2D eigenvalue weighted by Gasteiger charge is -2.39. The number of benzene rings is 1. The lowest BCUT2D eigenvalue weighted by Crippen LogP contribution is -2.55. The molecule has 1 aromatic carbocycles. The monoisotopic (exact) mass is 317 g/mol. The summed E-state index contributed by atoms with van der Waals surface area (Å²) in [7, 11) is 1.89. The maximum Gasteiger partial charge on any atom is 0.239 e. The zero-order valence-corrected chi connectivity index (χ0v) is 14.3. The molecule has 2 rings (SSSR count). The molecule has 0 bridgehead atoms. The fraction of sp³-hybridized carbons (Fsp3) is 0.556. The van der Waals surface area contributed by atoms with Crippen LogP contribution in [0, 0.1) is 0 Å². The number of nitrogens with one attached hydrogen (secondary N) is 1. The van der Waals surface area contributed by atoms with Crippen molar-refractivity contribution in [3.8, 4) is 0 Å². The first-order valence-corrected chi connectivity index (χ1v) is 8.36. The minimum Gasteiger partial charge on any atom is -0.343 e. The van der Waals surface area contributed by atoms with Gasteiger partial charge in [0.25, 0.3) is 0 Å². The van der Waals surface area contributed by atoms with E-state index in [1.165, 1.54) is 6.92 Å². The van der Waals surface area contributed by atoms with Gasteiger partial charge >= 0.3 is 0 Å². The SMILES string of the molecule is CCCC[C@H]1C(=O)N(C)CCN1Cc1ccc(NC(C)=O)cc1. The van der Waals surface area contributed by atoms with Crippen LogP contribution in [0.1, 0.15) is 38.7 Å². The van der Waals surface area contributed by atoms with E-state index in [0.29, 0.717) is 0 Å². The van der Waals surface area contributed by atoms with Gasteiger partial charge in [0.1, 0.15) is 0 Å². The predicted molar refractivity (Wildman–Crippen MR) is 92.1 cm³/mol. The van der Waals surface area contributed by atoms with Crippen LogP contribution in [0.3, 0.4) is 0 Å². The van der Waals surface area contributed by atoms with Gasteiger partial charge in [-0.05, 0) is 24.1 Å². The lowest BCUT2D eigenvalue weighted by molar-refractivity contribution is -0.140. The van der Waals surface area contributed by atoms with Crippen LogP contribution in [-0.4, -0.2) is 47.8 Å². The molecule has 1 atom stereocenters. The molecule has 0 spiro atoms. The molecule has 1 N–H and O–H groups in total. The van der Waals surface area contributed by atoms with E-state index in [0.717, 1.165) is 50.1 Å². The third-order valence-corrected chi connectivity index (χ3v) is 4.32. The molecule has 0 unspecified atom stereocenters. The molecule has 1 aliphatic rings. The van der Waals surface area contributed by atoms with Gasteiger partial charge in [-0.3, -0.25) is 14.5 Å². The summed E-state index contributed by atoms with van der Waals surface area (Å²) in [4.78, 5) is 27.6. The number of piperazine rings is 1. The minimum atomic E-state index is -0.0676. The molecule has 0 aliphatic carbocycles. The summed E-state index contributed by atoms with van der Waals surface area (Å²) in [5.41, 5.74) is 1.97. The molecular formula is C18H27N3O2. The van der Waals surface area contributed by atoms with Gasteiger partial charge in [0.05, 0.1) is 6.04 Å². The number of carbonyl (C=O) groups excluding carboxylic acids is 2. The number of hydrogen-bond donors (Lipinski definition) is 1. The van der Waals surface area contributed by atoms with E-state index in [4.69, 9.17) is 0 Å². The molecule has 1 fully saturated rings. The first kappa shape index (κ1) is 17.5. The Morgan fingerprint density at radius 3 is 2.57 bits per heavy atom. The van der Waals surface area contributed by atoms with E-state index in [2.05, 4.69) is 17.1 Å². The number of hydrogen-bond acceptors (Lipinski definition) is 3. The largest absolute Gasteiger partial charge is 0.343 e. The Balaban J connectivity index is 2.03. The van der Waals surface area contributed by atoms with Crippen molar-refractivity contribution in [2.75, 3.05) is 25.5 Å². The van der Waals surface area contributed by atoms with Crippen LogP contribution < -0.4 is 5.32 Å². The Hall–Kier alpha value is -1.88. The molecule has 5 nitrogen and oxygen atoms in total. The van der Waals surface area contributed by atoms with E-state index in [1.54, 1.807) is 0 Å². The lowest BCUT2D eigenvalue weighted by atomic mass is 10.0. The zero-order valence-electron chi connectivity index (χ0n) is 14.3. The van der Waals surface area contributed by atoms with E-state index in [1.807, 2.05) is 36.2 Å². The van der Waals surface area contributed by atoms with Crippen LogP contribution in [-0.2, 0) is 16.1 Å². The molecular weight excluding hydrogens is 290 g/mol. The molecule has 5 heteroatoms. The quantitative estimate of drug-likeness (QED) is 0.877. The molecule has 0 aromatic heterocycles. The Labute approximate surface area is 138 Å². The predicted octanol–water partition coefficient (Wildman–Crippen LogP) is 2.48. The van der Waals surface area contributed by atoms with Gasteiger partial charge in [0.15, 0.2) is 0 Å². The van der Waals surface area contributed by atoms with Gasteiger partial charge in [0.2, 0.25) is 11.8 Å². The number of carbonyl (C=O) groups is 2. The van der Waals surface area contributed by atoms with E-state index >= 15 is 0 Å². The van der Waals surface area contributed by atoms with Crippen LogP contribution in [0.5, 0.6) is 0 Å². The topological polar surface area (TPSA) is 52.7 Å². The molecule has 23 heavy (non-hydrogen) atoms. The summed E-state index contributed by atoms with van der Waals surface area (Å²) in [6, 6.07) is 7.85. The van der Waals surface area contributed by atoms with Crippen molar-refractivity contribution in [3.05, 3.63) is 29.8 Å². The number of likely N-dealkylation sites (N-methyl/N-ethyl adjacent to an activating group) is 1. The van der Waals surface area contributed by atoms with Gasteiger partial charge in [-0.1, -0.05) is 31.9 Å². The van der Waals surface area contributed by atoms with Crippen molar-refractivity contribution in [2.45, 2.75) is 45.7 Å².